The summed E-state index contributed by atoms with van der Waals surface area (Å²) in [6.45, 7) is 0. The molecule has 116 valence electrons. The lowest BCUT2D eigenvalue weighted by molar-refractivity contribution is -0.384. The number of aromatic nitrogens is 2. The van der Waals surface area contributed by atoms with Crippen molar-refractivity contribution in [2.75, 3.05) is 5.32 Å². The molecule has 3 aromatic rings. The van der Waals surface area contributed by atoms with E-state index in [0.717, 1.165) is 0 Å². The van der Waals surface area contributed by atoms with Crippen molar-refractivity contribution in [2.24, 2.45) is 0 Å². The quantitative estimate of drug-likeness (QED) is 0.544. The van der Waals surface area contributed by atoms with Crippen LogP contribution in [0.15, 0.2) is 36.7 Å². The summed E-state index contributed by atoms with van der Waals surface area (Å²) < 4.78 is 14.0. The van der Waals surface area contributed by atoms with Crippen molar-refractivity contribution in [1.82, 2.24) is 9.97 Å². The fourth-order valence-corrected chi connectivity index (χ4v) is 2.56. The average molecular weight is 353 g/mol. The molecule has 1 N–H and O–H groups in total. The summed E-state index contributed by atoms with van der Waals surface area (Å²) in [6, 6.07) is 7.11. The van der Waals surface area contributed by atoms with Crippen LogP contribution in [0, 0.1) is 15.9 Å². The summed E-state index contributed by atoms with van der Waals surface area (Å²) in [5.41, 5.74) is 0.171. The number of nitrogens with zero attached hydrogens (tertiary/aromatic N) is 3. The minimum Gasteiger partial charge on any atom is -0.337 e. The van der Waals surface area contributed by atoms with E-state index in [2.05, 4.69) is 15.3 Å². The molecule has 23 heavy (non-hydrogen) atoms. The van der Waals surface area contributed by atoms with Gasteiger partial charge in [0.15, 0.2) is 5.82 Å². The molecule has 0 aliphatic heterocycles. The molecular weight excluding hydrogens is 346 g/mol. The number of benzene rings is 2. The zero-order chi connectivity index (χ0) is 16.6. The Labute approximate surface area is 139 Å². The molecule has 0 radical (unpaired) electrons. The highest BCUT2D eigenvalue weighted by Gasteiger charge is 2.19. The third kappa shape index (κ3) is 2.76. The van der Waals surface area contributed by atoms with Gasteiger partial charge in [-0.2, -0.15) is 0 Å². The maximum absolute atomic E-state index is 14.0. The molecule has 0 aliphatic carbocycles. The van der Waals surface area contributed by atoms with Crippen molar-refractivity contribution in [2.45, 2.75) is 0 Å². The van der Waals surface area contributed by atoms with E-state index in [1.165, 1.54) is 30.6 Å². The van der Waals surface area contributed by atoms with Crippen molar-refractivity contribution >= 4 is 51.3 Å². The molecule has 0 saturated heterocycles. The first-order valence-electron chi connectivity index (χ1n) is 6.27. The summed E-state index contributed by atoms with van der Waals surface area (Å²) in [5.74, 6) is -0.521. The highest BCUT2D eigenvalue weighted by Crippen LogP contribution is 2.36. The second-order valence-electron chi connectivity index (χ2n) is 4.50. The van der Waals surface area contributed by atoms with Crippen LogP contribution in [0.25, 0.3) is 10.9 Å². The van der Waals surface area contributed by atoms with Crippen molar-refractivity contribution in [3.8, 4) is 0 Å². The van der Waals surface area contributed by atoms with Gasteiger partial charge in [-0.1, -0.05) is 29.3 Å². The summed E-state index contributed by atoms with van der Waals surface area (Å²) in [5, 5.41) is 13.8. The first-order chi connectivity index (χ1) is 11.0. The Hall–Kier alpha value is -2.51. The Kier molecular flexibility index (Phi) is 3.97. The van der Waals surface area contributed by atoms with Gasteiger partial charge < -0.3 is 5.32 Å². The van der Waals surface area contributed by atoms with E-state index in [4.69, 9.17) is 23.2 Å². The highest BCUT2D eigenvalue weighted by molar-refractivity contribution is 6.38. The number of hydrogen-bond acceptors (Lipinski definition) is 5. The van der Waals surface area contributed by atoms with Gasteiger partial charge in [-0.15, -0.1) is 0 Å². The first-order valence-corrected chi connectivity index (χ1v) is 7.03. The number of hydrogen-bond donors (Lipinski definition) is 1. The summed E-state index contributed by atoms with van der Waals surface area (Å²) >= 11 is 11.8. The van der Waals surface area contributed by atoms with Crippen LogP contribution in [-0.4, -0.2) is 14.9 Å². The van der Waals surface area contributed by atoms with Gasteiger partial charge in [0, 0.05) is 6.07 Å². The second kappa shape index (κ2) is 5.94. The maximum atomic E-state index is 14.0. The second-order valence-corrected chi connectivity index (χ2v) is 5.28. The largest absolute Gasteiger partial charge is 0.337 e. The van der Waals surface area contributed by atoms with Gasteiger partial charge in [0.2, 0.25) is 0 Å². The number of rotatable bonds is 3. The van der Waals surface area contributed by atoms with E-state index >= 15 is 0 Å². The molecule has 0 aliphatic rings. The number of nitro groups is 1. The number of halogens is 3. The molecule has 0 saturated carbocycles. The van der Waals surface area contributed by atoms with E-state index in [1.54, 1.807) is 6.07 Å². The van der Waals surface area contributed by atoms with E-state index < -0.39 is 10.7 Å². The van der Waals surface area contributed by atoms with Crippen LogP contribution < -0.4 is 5.32 Å². The molecule has 2 aromatic carbocycles. The van der Waals surface area contributed by atoms with Crippen molar-refractivity contribution in [3.05, 3.63) is 62.6 Å². The molecule has 3 rings (SSSR count). The predicted molar refractivity (Wildman–Crippen MR) is 85.9 cm³/mol. The van der Waals surface area contributed by atoms with Gasteiger partial charge in [-0.3, -0.25) is 10.1 Å². The fraction of sp³-hybridized carbons (Fsp3) is 0. The SMILES string of the molecule is O=[N+]([O-])c1ccc2ncnc(Nc3cccc(Cl)c3F)c2c1Cl. The summed E-state index contributed by atoms with van der Waals surface area (Å²) in [4.78, 5) is 18.4. The fourth-order valence-electron chi connectivity index (χ4n) is 2.06. The van der Waals surface area contributed by atoms with Crippen LogP contribution in [0.5, 0.6) is 0 Å². The normalized spacial score (nSPS) is 10.7. The lowest BCUT2D eigenvalue weighted by atomic mass is 10.2. The highest BCUT2D eigenvalue weighted by atomic mass is 35.5. The van der Waals surface area contributed by atoms with Gasteiger partial charge in [0.25, 0.3) is 5.69 Å². The number of nitrogens with one attached hydrogen (secondary N) is 1. The topological polar surface area (TPSA) is 81.0 Å². The molecule has 0 unspecified atom stereocenters. The zero-order valence-electron chi connectivity index (χ0n) is 11.3. The van der Waals surface area contributed by atoms with Gasteiger partial charge in [-0.05, 0) is 18.2 Å². The van der Waals surface area contributed by atoms with E-state index in [1.807, 2.05) is 0 Å². The molecular formula is C14H7Cl2FN4O2. The molecule has 1 aromatic heterocycles. The first kappa shape index (κ1) is 15.4. The van der Waals surface area contributed by atoms with Crippen LogP contribution >= 0.6 is 23.2 Å². The van der Waals surface area contributed by atoms with Crippen LogP contribution in [0.1, 0.15) is 0 Å². The van der Waals surface area contributed by atoms with Crippen LogP contribution in [0.3, 0.4) is 0 Å². The van der Waals surface area contributed by atoms with E-state index in [9.17, 15) is 14.5 Å². The van der Waals surface area contributed by atoms with Gasteiger partial charge in [0.05, 0.1) is 26.5 Å². The Morgan fingerprint density at radius 1 is 1.17 bits per heavy atom. The third-order valence-corrected chi connectivity index (χ3v) is 3.80. The number of fused-ring (bicyclic) bond motifs is 1. The molecule has 0 bridgehead atoms. The maximum Gasteiger partial charge on any atom is 0.288 e. The Bertz CT molecular complexity index is 936. The van der Waals surface area contributed by atoms with Gasteiger partial charge >= 0.3 is 0 Å². The summed E-state index contributed by atoms with van der Waals surface area (Å²) in [7, 11) is 0. The third-order valence-electron chi connectivity index (χ3n) is 3.12. The molecule has 9 heteroatoms. The van der Waals surface area contributed by atoms with Crippen LogP contribution in [0.2, 0.25) is 10.0 Å². The Morgan fingerprint density at radius 2 is 1.96 bits per heavy atom. The minimum absolute atomic E-state index is 0.0644. The van der Waals surface area contributed by atoms with Crippen LogP contribution in [-0.2, 0) is 0 Å². The molecule has 0 amide bonds. The molecule has 1 heterocycles. The Morgan fingerprint density at radius 3 is 2.70 bits per heavy atom. The standard InChI is InChI=1S/C14H7Cl2FN4O2/c15-7-2-1-3-9(13(7)17)20-14-11-8(18-6-19-14)4-5-10(12(11)16)21(22)23/h1-6H,(H,18,19,20). The van der Waals surface area contributed by atoms with Crippen molar-refractivity contribution < 1.29 is 9.31 Å². The van der Waals surface area contributed by atoms with E-state index in [0.29, 0.717) is 5.52 Å². The smallest absolute Gasteiger partial charge is 0.288 e. The zero-order valence-corrected chi connectivity index (χ0v) is 12.8. The number of anilines is 2. The minimum atomic E-state index is -0.664. The van der Waals surface area contributed by atoms with Gasteiger partial charge in [-0.25, -0.2) is 14.4 Å². The van der Waals surface area contributed by atoms with Crippen molar-refractivity contribution in [3.63, 3.8) is 0 Å². The van der Waals surface area contributed by atoms with Crippen LogP contribution in [0.4, 0.5) is 21.6 Å². The van der Waals surface area contributed by atoms with Gasteiger partial charge in [0.1, 0.15) is 17.2 Å². The molecule has 6 nitrogen and oxygen atoms in total. The average Bonchev–Trinajstić information content (AvgIpc) is 2.52. The number of nitro benzene ring substituents is 1. The monoisotopic (exact) mass is 352 g/mol. The lowest BCUT2D eigenvalue weighted by Crippen LogP contribution is -2.00. The Balaban J connectivity index is 2.19. The van der Waals surface area contributed by atoms with Crippen molar-refractivity contribution in [1.29, 1.82) is 0 Å². The molecule has 0 spiro atoms. The predicted octanol–water partition coefficient (Wildman–Crippen LogP) is 4.73. The summed E-state index contributed by atoms with van der Waals surface area (Å²) in [6.07, 6.45) is 1.25. The van der Waals surface area contributed by atoms with E-state index in [-0.39, 0.29) is 32.6 Å². The molecule has 0 fully saturated rings. The molecule has 0 atom stereocenters. The lowest BCUT2D eigenvalue weighted by Gasteiger charge is -2.10.